The molecule has 0 saturated heterocycles. The Bertz CT molecular complexity index is 433. The summed E-state index contributed by atoms with van der Waals surface area (Å²) in [6, 6.07) is 3.40. The Balaban J connectivity index is 3.00. The molecule has 0 aliphatic carbocycles. The van der Waals surface area contributed by atoms with Gasteiger partial charge in [-0.15, -0.1) is 0 Å². The predicted molar refractivity (Wildman–Crippen MR) is 60.0 cm³/mol. The fourth-order valence-corrected chi connectivity index (χ4v) is 1.38. The van der Waals surface area contributed by atoms with E-state index in [-0.39, 0.29) is 24.4 Å². The minimum atomic E-state index is -4.51. The van der Waals surface area contributed by atoms with Crippen LogP contribution in [0, 0.1) is 0 Å². The van der Waals surface area contributed by atoms with Crippen molar-refractivity contribution in [3.05, 3.63) is 29.3 Å². The van der Waals surface area contributed by atoms with E-state index >= 15 is 0 Å². The predicted octanol–water partition coefficient (Wildman–Crippen LogP) is 2.73. The normalized spacial score (nSPS) is 11.2. The standard InChI is InChI=1S/C11H13F3N2O2/c1-2-18-10(17)16-8-4-3-7(6-15)9(5-8)11(12,13)14/h3-5H,2,6,15H2,1H3,(H,16,17). The molecule has 0 bridgehead atoms. The average Bonchev–Trinajstić information content (AvgIpc) is 2.28. The second kappa shape index (κ2) is 5.72. The topological polar surface area (TPSA) is 64.3 Å². The van der Waals surface area contributed by atoms with Crippen molar-refractivity contribution >= 4 is 11.8 Å². The number of carbonyl (C=O) groups excluding carboxylic acids is 1. The summed E-state index contributed by atoms with van der Waals surface area (Å²) < 4.78 is 42.7. The molecule has 0 saturated carbocycles. The highest BCUT2D eigenvalue weighted by atomic mass is 19.4. The van der Waals surface area contributed by atoms with E-state index in [0.717, 1.165) is 6.07 Å². The Kier molecular flexibility index (Phi) is 4.55. The fourth-order valence-electron chi connectivity index (χ4n) is 1.38. The van der Waals surface area contributed by atoms with Crippen LogP contribution in [-0.4, -0.2) is 12.7 Å². The van der Waals surface area contributed by atoms with Gasteiger partial charge in [0.15, 0.2) is 0 Å². The summed E-state index contributed by atoms with van der Waals surface area (Å²) in [6.07, 6.45) is -5.31. The zero-order valence-corrected chi connectivity index (χ0v) is 9.67. The maximum Gasteiger partial charge on any atom is 0.416 e. The molecule has 0 unspecified atom stereocenters. The van der Waals surface area contributed by atoms with Crippen LogP contribution in [-0.2, 0) is 17.5 Å². The van der Waals surface area contributed by atoms with Crippen LogP contribution in [0.3, 0.4) is 0 Å². The van der Waals surface area contributed by atoms with Gasteiger partial charge in [-0.3, -0.25) is 5.32 Å². The lowest BCUT2D eigenvalue weighted by Gasteiger charge is -2.13. The van der Waals surface area contributed by atoms with Crippen molar-refractivity contribution in [1.29, 1.82) is 0 Å². The number of amides is 1. The van der Waals surface area contributed by atoms with Crippen molar-refractivity contribution in [2.75, 3.05) is 11.9 Å². The van der Waals surface area contributed by atoms with Crippen LogP contribution in [0.25, 0.3) is 0 Å². The fraction of sp³-hybridized carbons (Fsp3) is 0.364. The molecule has 0 radical (unpaired) electrons. The van der Waals surface area contributed by atoms with Gasteiger partial charge in [0.1, 0.15) is 0 Å². The van der Waals surface area contributed by atoms with Crippen LogP contribution in [0.1, 0.15) is 18.1 Å². The molecule has 0 fully saturated rings. The first-order valence-corrected chi connectivity index (χ1v) is 5.22. The molecule has 3 N–H and O–H groups in total. The second-order valence-electron chi connectivity index (χ2n) is 3.42. The van der Waals surface area contributed by atoms with E-state index in [9.17, 15) is 18.0 Å². The number of rotatable bonds is 3. The number of alkyl halides is 3. The maximum atomic E-state index is 12.7. The lowest BCUT2D eigenvalue weighted by Crippen LogP contribution is -2.16. The van der Waals surface area contributed by atoms with Gasteiger partial charge in [0.05, 0.1) is 12.2 Å². The Morgan fingerprint density at radius 1 is 1.44 bits per heavy atom. The highest BCUT2D eigenvalue weighted by Gasteiger charge is 2.33. The minimum Gasteiger partial charge on any atom is -0.450 e. The van der Waals surface area contributed by atoms with Crippen molar-refractivity contribution in [3.8, 4) is 0 Å². The lowest BCUT2D eigenvalue weighted by molar-refractivity contribution is -0.138. The Hall–Kier alpha value is -1.76. The van der Waals surface area contributed by atoms with Crippen LogP contribution in [0.4, 0.5) is 23.7 Å². The number of hydrogen-bond acceptors (Lipinski definition) is 3. The highest BCUT2D eigenvalue weighted by Crippen LogP contribution is 2.33. The molecule has 1 rings (SSSR count). The van der Waals surface area contributed by atoms with Gasteiger partial charge in [0.2, 0.25) is 0 Å². The van der Waals surface area contributed by atoms with Crippen molar-refractivity contribution in [2.24, 2.45) is 5.73 Å². The molecule has 1 aromatic rings. The van der Waals surface area contributed by atoms with E-state index in [1.165, 1.54) is 12.1 Å². The van der Waals surface area contributed by atoms with Crippen molar-refractivity contribution in [2.45, 2.75) is 19.6 Å². The smallest absolute Gasteiger partial charge is 0.416 e. The number of hydrogen-bond donors (Lipinski definition) is 2. The van der Waals surface area contributed by atoms with Gasteiger partial charge < -0.3 is 10.5 Å². The molecule has 18 heavy (non-hydrogen) atoms. The summed E-state index contributed by atoms with van der Waals surface area (Å²) in [6.45, 7) is 1.51. The Labute approximate surface area is 102 Å². The van der Waals surface area contributed by atoms with Crippen LogP contribution in [0.15, 0.2) is 18.2 Å². The van der Waals surface area contributed by atoms with Crippen molar-refractivity contribution in [1.82, 2.24) is 0 Å². The number of halogens is 3. The Morgan fingerprint density at radius 2 is 2.11 bits per heavy atom. The molecular formula is C11H13F3N2O2. The minimum absolute atomic E-state index is 0.0120. The summed E-state index contributed by atoms with van der Waals surface area (Å²) in [4.78, 5) is 11.1. The number of carbonyl (C=O) groups is 1. The average molecular weight is 262 g/mol. The van der Waals surface area contributed by atoms with E-state index in [1.807, 2.05) is 0 Å². The van der Waals surface area contributed by atoms with Gasteiger partial charge in [0, 0.05) is 12.2 Å². The summed E-state index contributed by atoms with van der Waals surface area (Å²) in [5, 5.41) is 2.20. The highest BCUT2D eigenvalue weighted by molar-refractivity contribution is 5.84. The van der Waals surface area contributed by atoms with E-state index in [2.05, 4.69) is 10.1 Å². The quantitative estimate of drug-likeness (QED) is 0.880. The number of nitrogens with two attached hydrogens (primary N) is 1. The van der Waals surface area contributed by atoms with E-state index in [0.29, 0.717) is 0 Å². The SMILES string of the molecule is CCOC(=O)Nc1ccc(CN)c(C(F)(F)F)c1. The van der Waals surface area contributed by atoms with Gasteiger partial charge in [-0.2, -0.15) is 13.2 Å². The third-order valence-electron chi connectivity index (χ3n) is 2.16. The Morgan fingerprint density at radius 3 is 2.61 bits per heavy atom. The van der Waals surface area contributed by atoms with E-state index in [1.54, 1.807) is 6.92 Å². The van der Waals surface area contributed by atoms with Gasteiger partial charge in [-0.1, -0.05) is 6.07 Å². The summed E-state index contributed by atoms with van der Waals surface area (Å²) in [5.41, 5.74) is 4.35. The lowest BCUT2D eigenvalue weighted by atomic mass is 10.1. The first kappa shape index (κ1) is 14.3. The monoisotopic (exact) mass is 262 g/mol. The van der Waals surface area contributed by atoms with Crippen LogP contribution in [0.5, 0.6) is 0 Å². The van der Waals surface area contributed by atoms with Gasteiger partial charge in [0.25, 0.3) is 0 Å². The zero-order valence-electron chi connectivity index (χ0n) is 9.67. The molecule has 1 aromatic carbocycles. The number of nitrogens with one attached hydrogen (secondary N) is 1. The van der Waals surface area contributed by atoms with Crippen molar-refractivity contribution in [3.63, 3.8) is 0 Å². The molecule has 0 spiro atoms. The number of ether oxygens (including phenoxy) is 1. The molecular weight excluding hydrogens is 249 g/mol. The van der Waals surface area contributed by atoms with Crippen LogP contribution >= 0.6 is 0 Å². The zero-order chi connectivity index (χ0) is 13.8. The molecule has 0 heterocycles. The third-order valence-corrected chi connectivity index (χ3v) is 2.16. The summed E-state index contributed by atoms with van der Waals surface area (Å²) in [7, 11) is 0. The number of benzene rings is 1. The molecule has 0 aromatic heterocycles. The van der Waals surface area contributed by atoms with Crippen LogP contribution < -0.4 is 11.1 Å². The molecule has 7 heteroatoms. The number of anilines is 1. The summed E-state index contributed by atoms with van der Waals surface area (Å²) in [5.74, 6) is 0. The molecule has 0 aliphatic heterocycles. The molecule has 1 amide bonds. The maximum absolute atomic E-state index is 12.7. The summed E-state index contributed by atoms with van der Waals surface area (Å²) >= 11 is 0. The third kappa shape index (κ3) is 3.63. The first-order valence-electron chi connectivity index (χ1n) is 5.22. The largest absolute Gasteiger partial charge is 0.450 e. The van der Waals surface area contributed by atoms with Gasteiger partial charge >= 0.3 is 12.3 Å². The second-order valence-corrected chi connectivity index (χ2v) is 3.42. The van der Waals surface area contributed by atoms with Crippen molar-refractivity contribution < 1.29 is 22.7 Å². The first-order chi connectivity index (χ1) is 8.38. The van der Waals surface area contributed by atoms with E-state index < -0.39 is 17.8 Å². The molecule has 100 valence electrons. The van der Waals surface area contributed by atoms with Crippen LogP contribution in [0.2, 0.25) is 0 Å². The van der Waals surface area contributed by atoms with Gasteiger partial charge in [-0.05, 0) is 24.6 Å². The molecule has 4 nitrogen and oxygen atoms in total. The molecule has 0 atom stereocenters. The molecule has 0 aliphatic rings. The van der Waals surface area contributed by atoms with E-state index in [4.69, 9.17) is 5.73 Å². The van der Waals surface area contributed by atoms with Gasteiger partial charge in [-0.25, -0.2) is 4.79 Å².